The maximum atomic E-state index is 8.93. The van der Waals surface area contributed by atoms with Gasteiger partial charge >= 0.3 is 0 Å². The van der Waals surface area contributed by atoms with E-state index >= 15 is 0 Å². The van der Waals surface area contributed by atoms with Crippen molar-refractivity contribution in [2.75, 3.05) is 17.2 Å². The fourth-order valence-corrected chi connectivity index (χ4v) is 3.31. The standard InChI is InChI=1S/C16H14BrN3/c17-14-8-11(9-18)4-5-16(14)20-7-6-13-12(10-20)2-1-3-15(13)19/h1-5,8H,6-7,10,19H2. The first-order valence-electron chi connectivity index (χ1n) is 6.50. The van der Waals surface area contributed by atoms with E-state index in [1.807, 2.05) is 30.3 Å². The van der Waals surface area contributed by atoms with Gasteiger partial charge in [0.1, 0.15) is 0 Å². The summed E-state index contributed by atoms with van der Waals surface area (Å²) in [6.07, 6.45) is 0.953. The molecular formula is C16H14BrN3. The van der Waals surface area contributed by atoms with Crippen LogP contribution >= 0.6 is 15.9 Å². The van der Waals surface area contributed by atoms with Crippen molar-refractivity contribution >= 4 is 27.3 Å². The Labute approximate surface area is 126 Å². The SMILES string of the molecule is N#Cc1ccc(N2CCc3c(N)cccc3C2)c(Br)c1. The van der Waals surface area contributed by atoms with Gasteiger partial charge in [0.15, 0.2) is 0 Å². The van der Waals surface area contributed by atoms with Gasteiger partial charge in [-0.15, -0.1) is 0 Å². The minimum absolute atomic E-state index is 0.669. The predicted molar refractivity (Wildman–Crippen MR) is 84.5 cm³/mol. The van der Waals surface area contributed by atoms with E-state index in [4.69, 9.17) is 11.0 Å². The van der Waals surface area contributed by atoms with E-state index in [0.717, 1.165) is 35.4 Å². The van der Waals surface area contributed by atoms with Crippen molar-refractivity contribution in [2.24, 2.45) is 0 Å². The Morgan fingerprint density at radius 2 is 2.10 bits per heavy atom. The Balaban J connectivity index is 1.93. The van der Waals surface area contributed by atoms with Gasteiger partial charge in [-0.3, -0.25) is 0 Å². The quantitative estimate of drug-likeness (QED) is 0.816. The van der Waals surface area contributed by atoms with Crippen LogP contribution in [-0.4, -0.2) is 6.54 Å². The van der Waals surface area contributed by atoms with Gasteiger partial charge in [0, 0.05) is 23.2 Å². The predicted octanol–water partition coefficient (Wildman–Crippen LogP) is 3.47. The number of rotatable bonds is 1. The Morgan fingerprint density at radius 1 is 1.25 bits per heavy atom. The summed E-state index contributed by atoms with van der Waals surface area (Å²) in [6, 6.07) is 14.0. The number of nitrogens with two attached hydrogens (primary N) is 1. The molecule has 1 heterocycles. The van der Waals surface area contributed by atoms with Gasteiger partial charge in [0.25, 0.3) is 0 Å². The summed E-state index contributed by atoms with van der Waals surface area (Å²) in [7, 11) is 0. The minimum Gasteiger partial charge on any atom is -0.398 e. The molecule has 0 radical (unpaired) electrons. The van der Waals surface area contributed by atoms with Gasteiger partial charge in [-0.05, 0) is 57.7 Å². The van der Waals surface area contributed by atoms with Crippen LogP contribution in [0.15, 0.2) is 40.9 Å². The highest BCUT2D eigenvalue weighted by molar-refractivity contribution is 9.10. The Morgan fingerprint density at radius 3 is 2.85 bits per heavy atom. The van der Waals surface area contributed by atoms with Crippen LogP contribution in [0.5, 0.6) is 0 Å². The number of nitrogen functional groups attached to an aromatic ring is 1. The maximum absolute atomic E-state index is 8.93. The number of nitriles is 1. The molecule has 2 aromatic carbocycles. The summed E-state index contributed by atoms with van der Waals surface area (Å²) in [4.78, 5) is 2.31. The number of hydrogen-bond acceptors (Lipinski definition) is 3. The lowest BCUT2D eigenvalue weighted by Crippen LogP contribution is -2.31. The Kier molecular flexibility index (Phi) is 3.37. The molecule has 0 aliphatic carbocycles. The van der Waals surface area contributed by atoms with Crippen LogP contribution < -0.4 is 10.6 Å². The second kappa shape index (κ2) is 5.18. The van der Waals surface area contributed by atoms with Crippen LogP contribution in [-0.2, 0) is 13.0 Å². The van der Waals surface area contributed by atoms with E-state index in [2.05, 4.69) is 33.0 Å². The maximum Gasteiger partial charge on any atom is 0.0992 e. The van der Waals surface area contributed by atoms with Crippen molar-refractivity contribution in [2.45, 2.75) is 13.0 Å². The first kappa shape index (κ1) is 13.0. The van der Waals surface area contributed by atoms with Gasteiger partial charge in [0.2, 0.25) is 0 Å². The first-order valence-corrected chi connectivity index (χ1v) is 7.29. The van der Waals surface area contributed by atoms with E-state index in [-0.39, 0.29) is 0 Å². The fraction of sp³-hybridized carbons (Fsp3) is 0.188. The van der Waals surface area contributed by atoms with Gasteiger partial charge in [-0.2, -0.15) is 5.26 Å². The van der Waals surface area contributed by atoms with Crippen molar-refractivity contribution in [3.05, 3.63) is 57.6 Å². The second-order valence-electron chi connectivity index (χ2n) is 4.93. The molecule has 3 rings (SSSR count). The molecule has 0 saturated heterocycles. The van der Waals surface area contributed by atoms with Gasteiger partial charge in [-0.1, -0.05) is 12.1 Å². The van der Waals surface area contributed by atoms with E-state index in [9.17, 15) is 0 Å². The molecule has 0 fully saturated rings. The molecule has 0 bridgehead atoms. The molecule has 0 aromatic heterocycles. The summed E-state index contributed by atoms with van der Waals surface area (Å²) in [5.74, 6) is 0. The second-order valence-corrected chi connectivity index (χ2v) is 5.79. The van der Waals surface area contributed by atoms with Crippen LogP contribution in [0.3, 0.4) is 0 Å². The molecule has 0 amide bonds. The van der Waals surface area contributed by atoms with Gasteiger partial charge < -0.3 is 10.6 Å². The van der Waals surface area contributed by atoms with E-state index < -0.39 is 0 Å². The monoisotopic (exact) mass is 327 g/mol. The van der Waals surface area contributed by atoms with Crippen LogP contribution in [0.2, 0.25) is 0 Å². The summed E-state index contributed by atoms with van der Waals surface area (Å²) in [5, 5.41) is 8.93. The number of halogens is 1. The van der Waals surface area contributed by atoms with Gasteiger partial charge in [0.05, 0.1) is 17.3 Å². The van der Waals surface area contributed by atoms with Gasteiger partial charge in [-0.25, -0.2) is 0 Å². The third-order valence-corrected chi connectivity index (χ3v) is 4.35. The van der Waals surface area contributed by atoms with E-state index in [1.165, 1.54) is 11.1 Å². The smallest absolute Gasteiger partial charge is 0.0992 e. The summed E-state index contributed by atoms with van der Waals surface area (Å²) in [5.41, 5.74) is 11.3. The van der Waals surface area contributed by atoms with Crippen LogP contribution in [0, 0.1) is 11.3 Å². The zero-order chi connectivity index (χ0) is 14.1. The summed E-state index contributed by atoms with van der Waals surface area (Å²) < 4.78 is 0.962. The number of benzene rings is 2. The number of hydrogen-bond donors (Lipinski definition) is 1. The minimum atomic E-state index is 0.669. The van der Waals surface area contributed by atoms with Crippen LogP contribution in [0.4, 0.5) is 11.4 Å². The van der Waals surface area contributed by atoms with Crippen molar-refractivity contribution in [1.82, 2.24) is 0 Å². The molecule has 0 saturated carbocycles. The number of fused-ring (bicyclic) bond motifs is 1. The highest BCUT2D eigenvalue weighted by Crippen LogP contribution is 2.32. The summed E-state index contributed by atoms with van der Waals surface area (Å²) in [6.45, 7) is 1.79. The lowest BCUT2D eigenvalue weighted by atomic mass is 9.97. The Hall–Kier alpha value is -1.99. The van der Waals surface area contributed by atoms with Crippen molar-refractivity contribution in [3.63, 3.8) is 0 Å². The zero-order valence-corrected chi connectivity index (χ0v) is 12.5. The molecule has 2 N–H and O–H groups in total. The molecule has 4 heteroatoms. The van der Waals surface area contributed by atoms with Crippen molar-refractivity contribution < 1.29 is 0 Å². The average molecular weight is 328 g/mol. The topological polar surface area (TPSA) is 53.0 Å². The molecule has 100 valence electrons. The molecule has 0 spiro atoms. The number of anilines is 2. The molecule has 20 heavy (non-hydrogen) atoms. The number of nitrogens with zero attached hydrogens (tertiary/aromatic N) is 2. The normalized spacial score (nSPS) is 13.7. The highest BCUT2D eigenvalue weighted by Gasteiger charge is 2.19. The molecule has 1 aliphatic heterocycles. The highest BCUT2D eigenvalue weighted by atomic mass is 79.9. The fourth-order valence-electron chi connectivity index (χ4n) is 2.68. The third-order valence-electron chi connectivity index (χ3n) is 3.72. The van der Waals surface area contributed by atoms with Crippen LogP contribution in [0.25, 0.3) is 0 Å². The average Bonchev–Trinajstić information content (AvgIpc) is 2.47. The lowest BCUT2D eigenvalue weighted by Gasteiger charge is -2.32. The zero-order valence-electron chi connectivity index (χ0n) is 10.9. The molecule has 0 atom stereocenters. The van der Waals surface area contributed by atoms with E-state index in [1.54, 1.807) is 0 Å². The summed E-state index contributed by atoms with van der Waals surface area (Å²) >= 11 is 3.56. The van der Waals surface area contributed by atoms with Crippen molar-refractivity contribution in [1.29, 1.82) is 5.26 Å². The third kappa shape index (κ3) is 2.25. The first-order chi connectivity index (χ1) is 9.69. The molecule has 3 nitrogen and oxygen atoms in total. The largest absolute Gasteiger partial charge is 0.398 e. The van der Waals surface area contributed by atoms with E-state index in [0.29, 0.717) is 5.56 Å². The Bertz CT molecular complexity index is 703. The molecule has 0 unspecified atom stereocenters. The molecule has 2 aromatic rings. The lowest BCUT2D eigenvalue weighted by molar-refractivity contribution is 0.732. The van der Waals surface area contributed by atoms with Crippen LogP contribution in [0.1, 0.15) is 16.7 Å². The molecular weight excluding hydrogens is 314 g/mol. The molecule has 1 aliphatic rings. The van der Waals surface area contributed by atoms with Crippen molar-refractivity contribution in [3.8, 4) is 6.07 Å².